The van der Waals surface area contributed by atoms with Gasteiger partial charge in [-0.3, -0.25) is 4.79 Å². The molecule has 174 valence electrons. The molecule has 1 nitrogen and oxygen atoms in total. The Morgan fingerprint density at radius 3 is 1.94 bits per heavy atom. The molecular formula is C28H42F2O. The Labute approximate surface area is 188 Å². The fraction of sp³-hybridized carbons (Fsp3) is 0.750. The van der Waals surface area contributed by atoms with Crippen molar-refractivity contribution in [2.45, 2.75) is 116 Å². The first-order valence-electron chi connectivity index (χ1n) is 12.9. The molecule has 0 aliphatic heterocycles. The Morgan fingerprint density at radius 2 is 1.39 bits per heavy atom. The number of carbonyl (C=O) groups excluding carboxylic acids is 1. The van der Waals surface area contributed by atoms with E-state index < -0.39 is 11.7 Å². The predicted octanol–water partition coefficient (Wildman–Crippen LogP) is 8.97. The molecule has 2 aliphatic rings. The molecule has 0 saturated heterocycles. The van der Waals surface area contributed by atoms with Crippen molar-refractivity contribution in [3.8, 4) is 0 Å². The fourth-order valence-corrected chi connectivity index (χ4v) is 6.07. The van der Waals surface area contributed by atoms with Gasteiger partial charge in [-0.25, -0.2) is 0 Å². The molecule has 0 radical (unpaired) electrons. The highest BCUT2D eigenvalue weighted by Gasteiger charge is 2.34. The normalized spacial score (nSPS) is 27.2. The van der Waals surface area contributed by atoms with Gasteiger partial charge in [0.25, 0.3) is 0 Å². The molecular weight excluding hydrogens is 390 g/mol. The lowest BCUT2D eigenvalue weighted by atomic mass is 9.68. The van der Waals surface area contributed by atoms with Gasteiger partial charge >= 0.3 is 5.92 Å². The number of carbonyl (C=O) groups is 1. The summed E-state index contributed by atoms with van der Waals surface area (Å²) in [5, 5.41) is 0. The third-order valence-corrected chi connectivity index (χ3v) is 8.09. The van der Waals surface area contributed by atoms with Gasteiger partial charge in [0.2, 0.25) is 5.78 Å². The molecule has 31 heavy (non-hydrogen) atoms. The Hall–Kier alpha value is -1.25. The molecule has 0 amide bonds. The molecule has 2 aliphatic carbocycles. The van der Waals surface area contributed by atoms with Crippen molar-refractivity contribution in [1.82, 2.24) is 0 Å². The number of hydrogen-bond donors (Lipinski definition) is 0. The van der Waals surface area contributed by atoms with Crippen LogP contribution in [0.1, 0.15) is 126 Å². The van der Waals surface area contributed by atoms with E-state index in [-0.39, 0.29) is 5.56 Å². The van der Waals surface area contributed by atoms with Gasteiger partial charge in [-0.1, -0.05) is 82.6 Å². The SMILES string of the molecule is CCCCCCCC1CCC(C2CCC(c3ccc(C(=O)C(C)(F)F)cc3)CC2)CC1. The number of unbranched alkanes of at least 4 members (excludes halogenated alkanes) is 4. The fourth-order valence-electron chi connectivity index (χ4n) is 6.07. The molecule has 1 aromatic rings. The van der Waals surface area contributed by atoms with Gasteiger partial charge in [0.05, 0.1) is 0 Å². The maximum Gasteiger partial charge on any atom is 0.307 e. The Morgan fingerprint density at radius 1 is 0.839 bits per heavy atom. The third-order valence-electron chi connectivity index (χ3n) is 8.09. The van der Waals surface area contributed by atoms with E-state index in [4.69, 9.17) is 0 Å². The third kappa shape index (κ3) is 7.12. The first kappa shape index (κ1) is 24.4. The van der Waals surface area contributed by atoms with Gasteiger partial charge in [-0.05, 0) is 67.8 Å². The van der Waals surface area contributed by atoms with Crippen molar-refractivity contribution >= 4 is 5.78 Å². The number of Topliss-reactive ketones (excluding diaryl/α,β-unsaturated/α-hetero) is 1. The monoisotopic (exact) mass is 432 g/mol. The number of benzene rings is 1. The van der Waals surface area contributed by atoms with Crippen LogP contribution in [0, 0.1) is 17.8 Å². The standard InChI is InChI=1S/C28H42F2O/c1-3-4-5-6-7-8-21-9-11-22(12-10-21)23-13-15-24(16-14-23)25-17-19-26(20-18-25)27(31)28(2,29)30/h17-24H,3-16H2,1-2H3. The van der Waals surface area contributed by atoms with E-state index in [1.54, 1.807) is 12.1 Å². The molecule has 0 unspecified atom stereocenters. The molecule has 0 atom stereocenters. The second-order valence-corrected chi connectivity index (χ2v) is 10.4. The highest BCUT2D eigenvalue weighted by atomic mass is 19.3. The minimum atomic E-state index is -3.30. The van der Waals surface area contributed by atoms with Crippen molar-refractivity contribution in [2.24, 2.45) is 17.8 Å². The summed E-state index contributed by atoms with van der Waals surface area (Å²) >= 11 is 0. The molecule has 2 saturated carbocycles. The molecule has 2 fully saturated rings. The van der Waals surface area contributed by atoms with Gasteiger partial charge < -0.3 is 0 Å². The summed E-state index contributed by atoms with van der Waals surface area (Å²) in [4.78, 5) is 11.7. The van der Waals surface area contributed by atoms with E-state index in [1.807, 2.05) is 12.1 Å². The van der Waals surface area contributed by atoms with Crippen LogP contribution < -0.4 is 0 Å². The van der Waals surface area contributed by atoms with E-state index in [0.717, 1.165) is 17.8 Å². The quantitative estimate of drug-likeness (QED) is 0.266. The van der Waals surface area contributed by atoms with Crippen molar-refractivity contribution < 1.29 is 13.6 Å². The van der Waals surface area contributed by atoms with Gasteiger partial charge in [-0.15, -0.1) is 0 Å². The molecule has 0 spiro atoms. The average molecular weight is 433 g/mol. The second kappa shape index (κ2) is 11.6. The summed E-state index contributed by atoms with van der Waals surface area (Å²) in [5.74, 6) is -1.09. The number of ketones is 1. The first-order valence-corrected chi connectivity index (χ1v) is 12.9. The zero-order valence-corrected chi connectivity index (χ0v) is 19.7. The summed E-state index contributed by atoms with van der Waals surface area (Å²) in [6.07, 6.45) is 19.2. The summed E-state index contributed by atoms with van der Waals surface area (Å²) in [7, 11) is 0. The summed E-state index contributed by atoms with van der Waals surface area (Å²) in [6, 6.07) is 6.97. The number of rotatable bonds is 10. The largest absolute Gasteiger partial charge is 0.307 e. The van der Waals surface area contributed by atoms with E-state index in [1.165, 1.54) is 95.5 Å². The number of hydrogen-bond acceptors (Lipinski definition) is 1. The summed E-state index contributed by atoms with van der Waals surface area (Å²) in [5.41, 5.74) is 1.33. The number of alkyl halides is 2. The minimum absolute atomic E-state index is 0.118. The number of halogens is 2. The van der Waals surface area contributed by atoms with Gasteiger partial charge in [0, 0.05) is 12.5 Å². The van der Waals surface area contributed by atoms with Crippen LogP contribution in [-0.4, -0.2) is 11.7 Å². The topological polar surface area (TPSA) is 17.1 Å². The molecule has 3 rings (SSSR count). The van der Waals surface area contributed by atoms with Crippen LogP contribution in [0.2, 0.25) is 0 Å². The summed E-state index contributed by atoms with van der Waals surface area (Å²) < 4.78 is 26.5. The van der Waals surface area contributed by atoms with Crippen LogP contribution in [0.3, 0.4) is 0 Å². The first-order chi connectivity index (χ1) is 14.9. The highest BCUT2D eigenvalue weighted by molar-refractivity contribution is 6.01. The lowest BCUT2D eigenvalue weighted by Gasteiger charge is -2.38. The van der Waals surface area contributed by atoms with Crippen molar-refractivity contribution in [1.29, 1.82) is 0 Å². The van der Waals surface area contributed by atoms with Crippen LogP contribution in [0.5, 0.6) is 0 Å². The lowest BCUT2D eigenvalue weighted by molar-refractivity contribution is 0.0221. The molecule has 0 N–H and O–H groups in total. The predicted molar refractivity (Wildman–Crippen MR) is 125 cm³/mol. The second-order valence-electron chi connectivity index (χ2n) is 10.4. The van der Waals surface area contributed by atoms with Gasteiger partial charge in [0.15, 0.2) is 0 Å². The summed E-state index contributed by atoms with van der Waals surface area (Å²) in [6.45, 7) is 2.95. The van der Waals surface area contributed by atoms with Crippen molar-refractivity contribution in [2.75, 3.05) is 0 Å². The average Bonchev–Trinajstić information content (AvgIpc) is 2.78. The molecule has 0 heterocycles. The van der Waals surface area contributed by atoms with E-state index in [9.17, 15) is 13.6 Å². The molecule has 0 bridgehead atoms. The highest BCUT2D eigenvalue weighted by Crippen LogP contribution is 2.44. The zero-order chi connectivity index (χ0) is 22.3. The molecule has 0 aromatic heterocycles. The van der Waals surface area contributed by atoms with Crippen LogP contribution in [-0.2, 0) is 0 Å². The maximum absolute atomic E-state index is 13.3. The van der Waals surface area contributed by atoms with E-state index >= 15 is 0 Å². The maximum atomic E-state index is 13.3. The Balaban J connectivity index is 1.39. The lowest BCUT2D eigenvalue weighted by Crippen LogP contribution is -2.25. The molecule has 3 heteroatoms. The van der Waals surface area contributed by atoms with Crippen LogP contribution >= 0.6 is 0 Å². The van der Waals surface area contributed by atoms with Gasteiger partial charge in [-0.2, -0.15) is 8.78 Å². The minimum Gasteiger partial charge on any atom is -0.287 e. The van der Waals surface area contributed by atoms with Gasteiger partial charge in [0.1, 0.15) is 0 Å². The van der Waals surface area contributed by atoms with Crippen molar-refractivity contribution in [3.63, 3.8) is 0 Å². The molecule has 1 aromatic carbocycles. The van der Waals surface area contributed by atoms with Crippen LogP contribution in [0.15, 0.2) is 24.3 Å². The van der Waals surface area contributed by atoms with E-state index in [0.29, 0.717) is 12.8 Å². The Kier molecular flexibility index (Phi) is 9.10. The van der Waals surface area contributed by atoms with Crippen LogP contribution in [0.25, 0.3) is 0 Å². The van der Waals surface area contributed by atoms with Crippen molar-refractivity contribution in [3.05, 3.63) is 35.4 Å². The van der Waals surface area contributed by atoms with E-state index in [2.05, 4.69) is 6.92 Å². The zero-order valence-electron chi connectivity index (χ0n) is 19.7. The Bertz CT molecular complexity index is 659. The van der Waals surface area contributed by atoms with Crippen LogP contribution in [0.4, 0.5) is 8.78 Å². The smallest absolute Gasteiger partial charge is 0.287 e.